The maximum Gasteiger partial charge on any atom is 0.260 e. The first-order valence-corrected chi connectivity index (χ1v) is 10.4. The van der Waals surface area contributed by atoms with Gasteiger partial charge in [0.25, 0.3) is 5.91 Å². The predicted molar refractivity (Wildman–Crippen MR) is 113 cm³/mol. The lowest BCUT2D eigenvalue weighted by Crippen LogP contribution is -2.51. The number of amides is 2. The second-order valence-electron chi connectivity index (χ2n) is 7.49. The van der Waals surface area contributed by atoms with Crippen molar-refractivity contribution in [1.29, 1.82) is 0 Å². The predicted octanol–water partition coefficient (Wildman–Crippen LogP) is 1.01. The molecule has 0 saturated carbocycles. The van der Waals surface area contributed by atoms with E-state index in [0.717, 1.165) is 0 Å². The number of carbonyl (C=O) groups is 2. The molecule has 2 saturated heterocycles. The van der Waals surface area contributed by atoms with Gasteiger partial charge in [0.05, 0.1) is 40.2 Å². The van der Waals surface area contributed by atoms with Gasteiger partial charge in [-0.25, -0.2) is 0 Å². The number of methoxy groups -OCH3 is 2. The molecule has 10 nitrogen and oxygen atoms in total. The molecule has 2 aromatic rings. The van der Waals surface area contributed by atoms with E-state index in [1.54, 1.807) is 46.5 Å². The largest absolute Gasteiger partial charge is 0.487 e. The van der Waals surface area contributed by atoms with Crippen molar-refractivity contribution in [2.24, 2.45) is 0 Å². The Kier molecular flexibility index (Phi) is 6.69. The topological polar surface area (TPSA) is 103 Å². The van der Waals surface area contributed by atoms with Crippen LogP contribution < -0.4 is 14.2 Å². The van der Waals surface area contributed by atoms with Crippen LogP contribution in [0, 0.1) is 0 Å². The van der Waals surface area contributed by atoms with Gasteiger partial charge in [0.1, 0.15) is 23.5 Å². The average molecular weight is 442 g/mol. The fraction of sp³-hybridized carbons (Fsp3) is 0.455. The quantitative estimate of drug-likeness (QED) is 0.653. The van der Waals surface area contributed by atoms with Gasteiger partial charge in [-0.2, -0.15) is 4.98 Å². The molecular weight excluding hydrogens is 416 g/mol. The Balaban J connectivity index is 1.60. The lowest BCUT2D eigenvalue weighted by Gasteiger charge is -2.32. The van der Waals surface area contributed by atoms with Crippen LogP contribution in [0.4, 0.5) is 0 Å². The minimum absolute atomic E-state index is 0.112. The van der Waals surface area contributed by atoms with Crippen LogP contribution in [0.2, 0.25) is 0 Å². The lowest BCUT2D eigenvalue weighted by atomic mass is 10.1. The molecule has 0 aromatic carbocycles. The second-order valence-corrected chi connectivity index (χ2v) is 7.49. The van der Waals surface area contributed by atoms with Gasteiger partial charge in [0, 0.05) is 31.8 Å². The number of carbonyl (C=O) groups excluding carboxylic acids is 2. The Morgan fingerprint density at radius 2 is 1.94 bits per heavy atom. The normalized spacial score (nSPS) is 20.7. The molecule has 2 atom stereocenters. The minimum atomic E-state index is -0.658. The highest BCUT2D eigenvalue weighted by Crippen LogP contribution is 2.29. The van der Waals surface area contributed by atoms with E-state index in [4.69, 9.17) is 18.9 Å². The van der Waals surface area contributed by atoms with Crippen molar-refractivity contribution in [3.63, 3.8) is 0 Å². The third-order valence-electron chi connectivity index (χ3n) is 5.54. The van der Waals surface area contributed by atoms with Gasteiger partial charge in [-0.15, -0.1) is 0 Å². The summed E-state index contributed by atoms with van der Waals surface area (Å²) in [6, 6.07) is 6.10. The van der Waals surface area contributed by atoms with Gasteiger partial charge in [-0.05, 0) is 18.2 Å². The first-order valence-electron chi connectivity index (χ1n) is 10.4. The smallest absolute Gasteiger partial charge is 0.260 e. The zero-order valence-electron chi connectivity index (χ0n) is 18.1. The van der Waals surface area contributed by atoms with Gasteiger partial charge < -0.3 is 28.7 Å². The highest BCUT2D eigenvalue weighted by Gasteiger charge is 2.43. The molecule has 4 rings (SSSR count). The molecule has 0 N–H and O–H groups in total. The van der Waals surface area contributed by atoms with Crippen LogP contribution in [0.25, 0.3) is 0 Å². The zero-order chi connectivity index (χ0) is 22.5. The molecule has 4 heterocycles. The second kappa shape index (κ2) is 9.82. The van der Waals surface area contributed by atoms with E-state index in [0.29, 0.717) is 44.4 Å². The molecule has 0 unspecified atom stereocenters. The summed E-state index contributed by atoms with van der Waals surface area (Å²) in [5.74, 6) is 0.607. The molecule has 0 spiro atoms. The molecule has 2 aromatic heterocycles. The number of pyridine rings is 2. The highest BCUT2D eigenvalue weighted by molar-refractivity contribution is 5.99. The standard InChI is InChI=1S/C22H26N4O6/c1-29-19-6-5-17(20(24-19)30-2)21(27)26-14-16(32-15-4-3-7-23-13-15)12-18(26)22(28)25-8-10-31-11-9-25/h3-7,13,16,18H,8-12,14H2,1-2H3/t16-,18-/m0/s1. The summed E-state index contributed by atoms with van der Waals surface area (Å²) >= 11 is 0. The average Bonchev–Trinajstić information content (AvgIpc) is 3.27. The van der Waals surface area contributed by atoms with E-state index in [-0.39, 0.29) is 35.9 Å². The number of hydrogen-bond acceptors (Lipinski definition) is 8. The SMILES string of the molecule is COc1ccc(C(=O)N2C[C@@H](Oc3cccnc3)C[C@H]2C(=O)N2CCOCC2)c(OC)n1. The van der Waals surface area contributed by atoms with Crippen molar-refractivity contribution < 1.29 is 28.5 Å². The summed E-state index contributed by atoms with van der Waals surface area (Å²) < 4.78 is 21.8. The molecule has 2 amide bonds. The number of morpholine rings is 1. The van der Waals surface area contributed by atoms with Crippen molar-refractivity contribution in [1.82, 2.24) is 19.8 Å². The van der Waals surface area contributed by atoms with Crippen LogP contribution in [-0.4, -0.2) is 90.8 Å². The van der Waals surface area contributed by atoms with E-state index in [1.165, 1.54) is 14.2 Å². The van der Waals surface area contributed by atoms with Crippen LogP contribution in [0.15, 0.2) is 36.7 Å². The number of ether oxygens (including phenoxy) is 4. The number of likely N-dealkylation sites (tertiary alicyclic amines) is 1. The van der Waals surface area contributed by atoms with Crippen LogP contribution in [0.5, 0.6) is 17.5 Å². The summed E-state index contributed by atoms with van der Waals surface area (Å²) in [4.78, 5) is 38.4. The first-order chi connectivity index (χ1) is 15.6. The summed E-state index contributed by atoms with van der Waals surface area (Å²) in [6.07, 6.45) is 3.29. The van der Waals surface area contributed by atoms with E-state index in [1.807, 2.05) is 0 Å². The van der Waals surface area contributed by atoms with Crippen LogP contribution in [0.3, 0.4) is 0 Å². The highest BCUT2D eigenvalue weighted by atomic mass is 16.5. The Morgan fingerprint density at radius 1 is 1.12 bits per heavy atom. The van der Waals surface area contributed by atoms with Crippen molar-refractivity contribution in [2.75, 3.05) is 47.1 Å². The van der Waals surface area contributed by atoms with E-state index in [2.05, 4.69) is 9.97 Å². The van der Waals surface area contributed by atoms with E-state index in [9.17, 15) is 9.59 Å². The number of hydrogen-bond donors (Lipinski definition) is 0. The molecule has 2 aliphatic rings. The third kappa shape index (κ3) is 4.59. The van der Waals surface area contributed by atoms with Crippen LogP contribution >= 0.6 is 0 Å². The van der Waals surface area contributed by atoms with Gasteiger partial charge >= 0.3 is 0 Å². The molecule has 0 aliphatic carbocycles. The Labute approximate surface area is 186 Å². The molecule has 0 radical (unpaired) electrons. The van der Waals surface area contributed by atoms with Crippen molar-refractivity contribution in [2.45, 2.75) is 18.6 Å². The van der Waals surface area contributed by atoms with E-state index < -0.39 is 6.04 Å². The summed E-state index contributed by atoms with van der Waals surface area (Å²) in [5, 5.41) is 0. The van der Waals surface area contributed by atoms with Gasteiger partial charge in [0.2, 0.25) is 17.7 Å². The van der Waals surface area contributed by atoms with Crippen molar-refractivity contribution in [3.8, 4) is 17.5 Å². The third-order valence-corrected chi connectivity index (χ3v) is 5.54. The molecule has 10 heteroatoms. The Morgan fingerprint density at radius 3 is 2.62 bits per heavy atom. The van der Waals surface area contributed by atoms with E-state index >= 15 is 0 Å². The molecule has 0 bridgehead atoms. The van der Waals surface area contributed by atoms with Crippen LogP contribution in [0.1, 0.15) is 16.8 Å². The molecule has 170 valence electrons. The fourth-order valence-electron chi connectivity index (χ4n) is 3.96. The zero-order valence-corrected chi connectivity index (χ0v) is 18.1. The fourth-order valence-corrected chi connectivity index (χ4v) is 3.96. The van der Waals surface area contributed by atoms with Gasteiger partial charge in [-0.3, -0.25) is 14.6 Å². The minimum Gasteiger partial charge on any atom is -0.487 e. The summed E-state index contributed by atoms with van der Waals surface area (Å²) in [5.41, 5.74) is 0.259. The Hall–Kier alpha value is -3.40. The monoisotopic (exact) mass is 442 g/mol. The number of nitrogens with zero attached hydrogens (tertiary/aromatic N) is 4. The number of aromatic nitrogens is 2. The Bertz CT molecular complexity index is 951. The maximum atomic E-state index is 13.5. The molecule has 2 aliphatic heterocycles. The van der Waals surface area contributed by atoms with Gasteiger partial charge in [0.15, 0.2) is 0 Å². The molecule has 32 heavy (non-hydrogen) atoms. The maximum absolute atomic E-state index is 13.5. The summed E-state index contributed by atoms with van der Waals surface area (Å²) in [7, 11) is 2.92. The van der Waals surface area contributed by atoms with Crippen molar-refractivity contribution >= 4 is 11.8 Å². The first kappa shape index (κ1) is 21.8. The van der Waals surface area contributed by atoms with Gasteiger partial charge in [-0.1, -0.05) is 0 Å². The van der Waals surface area contributed by atoms with Crippen LogP contribution in [-0.2, 0) is 9.53 Å². The number of rotatable bonds is 6. The lowest BCUT2D eigenvalue weighted by molar-refractivity contribution is -0.139. The summed E-state index contributed by atoms with van der Waals surface area (Å²) in [6.45, 7) is 2.22. The molecular formula is C22H26N4O6. The van der Waals surface area contributed by atoms with Crippen molar-refractivity contribution in [3.05, 3.63) is 42.2 Å². The molecule has 2 fully saturated rings.